The molecule has 4 N–H and O–H groups in total. The molecule has 3 heterocycles. The minimum atomic E-state index is -1.88. The summed E-state index contributed by atoms with van der Waals surface area (Å²) in [6.45, 7) is 2.50. The van der Waals surface area contributed by atoms with E-state index in [2.05, 4.69) is 10.3 Å². The Kier molecular flexibility index (Phi) is 8.99. The number of benzene rings is 3. The molecule has 0 unspecified atom stereocenters. The molecule has 0 saturated carbocycles. The molecule has 2 aliphatic rings. The van der Waals surface area contributed by atoms with Crippen LogP contribution in [0.25, 0.3) is 10.9 Å². The SMILES string of the molecule is C[C@H](/C=C/CC(=O)N1CCC[C@H]1CO)[C@@]1(O)C(=O)N(Cc2ccc(NC(=O)Cc3c[nH]c4ccccc34)cc2)c2ccc(Cl)cc21. The summed E-state index contributed by atoms with van der Waals surface area (Å²) in [7, 11) is 0. The van der Waals surface area contributed by atoms with E-state index in [4.69, 9.17) is 11.6 Å². The van der Waals surface area contributed by atoms with Crippen LogP contribution < -0.4 is 10.2 Å². The number of likely N-dealkylation sites (tertiary alicyclic amines) is 1. The molecule has 0 aliphatic carbocycles. The highest BCUT2D eigenvalue weighted by molar-refractivity contribution is 6.31. The number of nitrogens with zero attached hydrogens (tertiary/aromatic N) is 2. The molecule has 1 saturated heterocycles. The van der Waals surface area contributed by atoms with Crippen LogP contribution in [-0.2, 0) is 33.0 Å². The van der Waals surface area contributed by atoms with Crippen molar-refractivity contribution in [1.82, 2.24) is 9.88 Å². The molecule has 238 valence electrons. The lowest BCUT2D eigenvalue weighted by Crippen LogP contribution is -2.44. The second-order valence-electron chi connectivity index (χ2n) is 12.1. The van der Waals surface area contributed by atoms with Crippen molar-refractivity contribution >= 4 is 51.6 Å². The molecule has 1 fully saturated rings. The largest absolute Gasteiger partial charge is 0.394 e. The Balaban J connectivity index is 1.13. The number of aromatic amines is 1. The first-order chi connectivity index (χ1) is 22.2. The number of para-hydroxylation sites is 1. The number of nitrogens with one attached hydrogen (secondary N) is 2. The van der Waals surface area contributed by atoms with Crippen LogP contribution in [0.3, 0.4) is 0 Å². The van der Waals surface area contributed by atoms with Crippen molar-refractivity contribution in [3.8, 4) is 0 Å². The first kappa shape index (κ1) is 31.5. The van der Waals surface area contributed by atoms with Crippen molar-refractivity contribution in [3.63, 3.8) is 0 Å². The number of carbonyl (C=O) groups excluding carboxylic acids is 3. The summed E-state index contributed by atoms with van der Waals surface area (Å²) in [6, 6.07) is 20.0. The van der Waals surface area contributed by atoms with E-state index in [1.807, 2.05) is 42.6 Å². The van der Waals surface area contributed by atoms with Crippen molar-refractivity contribution in [3.05, 3.63) is 107 Å². The number of hydrogen-bond donors (Lipinski definition) is 4. The molecule has 3 amide bonds. The minimum Gasteiger partial charge on any atom is -0.394 e. The topological polar surface area (TPSA) is 126 Å². The zero-order chi connectivity index (χ0) is 32.4. The van der Waals surface area contributed by atoms with Gasteiger partial charge in [-0.3, -0.25) is 14.4 Å². The number of fused-ring (bicyclic) bond motifs is 2. The number of anilines is 2. The zero-order valence-corrected chi connectivity index (χ0v) is 26.3. The maximum Gasteiger partial charge on any atom is 0.264 e. The van der Waals surface area contributed by atoms with Gasteiger partial charge < -0.3 is 30.3 Å². The minimum absolute atomic E-state index is 0.0589. The fraction of sp³-hybridized carbons (Fsp3) is 0.306. The van der Waals surface area contributed by atoms with E-state index in [1.54, 1.807) is 59.2 Å². The van der Waals surface area contributed by atoms with Crippen molar-refractivity contribution in [2.75, 3.05) is 23.4 Å². The first-order valence-corrected chi connectivity index (χ1v) is 15.9. The lowest BCUT2D eigenvalue weighted by Gasteiger charge is -2.28. The molecule has 2 aliphatic heterocycles. The average molecular weight is 641 g/mol. The van der Waals surface area contributed by atoms with E-state index in [-0.39, 0.29) is 43.8 Å². The van der Waals surface area contributed by atoms with E-state index in [9.17, 15) is 24.6 Å². The number of aliphatic hydroxyl groups is 2. The van der Waals surface area contributed by atoms with Crippen molar-refractivity contribution in [2.45, 2.75) is 50.8 Å². The molecular weight excluding hydrogens is 604 g/mol. The van der Waals surface area contributed by atoms with Gasteiger partial charge in [-0.05, 0) is 60.4 Å². The van der Waals surface area contributed by atoms with Crippen LogP contribution >= 0.6 is 11.6 Å². The molecule has 3 atom stereocenters. The Morgan fingerprint density at radius 3 is 2.72 bits per heavy atom. The molecular formula is C36H37ClN4O5. The van der Waals surface area contributed by atoms with Crippen LogP contribution in [0.15, 0.2) is 85.1 Å². The molecule has 3 aromatic carbocycles. The Hall–Kier alpha value is -4.44. The molecule has 0 spiro atoms. The Bertz CT molecular complexity index is 1800. The lowest BCUT2D eigenvalue weighted by atomic mass is 9.83. The summed E-state index contributed by atoms with van der Waals surface area (Å²) >= 11 is 6.32. The Morgan fingerprint density at radius 1 is 1.15 bits per heavy atom. The van der Waals surface area contributed by atoms with Gasteiger partial charge in [0.2, 0.25) is 11.8 Å². The molecule has 6 rings (SSSR count). The van der Waals surface area contributed by atoms with Crippen molar-refractivity contribution < 1.29 is 24.6 Å². The number of halogens is 1. The van der Waals surface area contributed by atoms with E-state index >= 15 is 0 Å². The molecule has 46 heavy (non-hydrogen) atoms. The van der Waals surface area contributed by atoms with Gasteiger partial charge in [-0.25, -0.2) is 0 Å². The molecule has 10 heteroatoms. The van der Waals surface area contributed by atoms with Gasteiger partial charge in [0.25, 0.3) is 5.91 Å². The quantitative estimate of drug-likeness (QED) is 0.175. The van der Waals surface area contributed by atoms with E-state index < -0.39 is 17.4 Å². The first-order valence-electron chi connectivity index (χ1n) is 15.5. The number of aromatic nitrogens is 1. The van der Waals surface area contributed by atoms with Crippen molar-refractivity contribution in [1.29, 1.82) is 0 Å². The summed E-state index contributed by atoms with van der Waals surface area (Å²) in [4.78, 5) is 45.9. The Labute approximate surface area is 272 Å². The van der Waals surface area contributed by atoms with E-state index in [0.29, 0.717) is 28.5 Å². The predicted octanol–water partition coefficient (Wildman–Crippen LogP) is 5.30. The van der Waals surface area contributed by atoms with Crippen LogP contribution in [0.1, 0.15) is 42.9 Å². The lowest BCUT2D eigenvalue weighted by molar-refractivity contribution is -0.139. The number of amides is 3. The molecule has 9 nitrogen and oxygen atoms in total. The van der Waals surface area contributed by atoms with Crippen LogP contribution in [0.5, 0.6) is 0 Å². The van der Waals surface area contributed by atoms with Crippen LogP contribution in [0, 0.1) is 5.92 Å². The fourth-order valence-electron chi connectivity index (χ4n) is 6.59. The Morgan fingerprint density at radius 2 is 1.93 bits per heavy atom. The molecule has 1 aromatic heterocycles. The van der Waals surface area contributed by atoms with Crippen molar-refractivity contribution in [2.24, 2.45) is 5.92 Å². The number of hydrogen-bond acceptors (Lipinski definition) is 5. The van der Waals surface area contributed by atoms with E-state index in [1.165, 1.54) is 0 Å². The third kappa shape index (κ3) is 6.06. The average Bonchev–Trinajstić information content (AvgIpc) is 3.75. The summed E-state index contributed by atoms with van der Waals surface area (Å²) in [5.41, 5.74) is 2.44. The maximum atomic E-state index is 13.9. The summed E-state index contributed by atoms with van der Waals surface area (Å²) < 4.78 is 0. The third-order valence-corrected chi connectivity index (χ3v) is 9.36. The zero-order valence-electron chi connectivity index (χ0n) is 25.6. The van der Waals surface area contributed by atoms with Gasteiger partial charge in [0.1, 0.15) is 0 Å². The second kappa shape index (κ2) is 13.1. The maximum absolute atomic E-state index is 13.9. The normalized spacial score (nSPS) is 20.1. The van der Waals surface area contributed by atoms with Gasteiger partial charge in [0, 0.05) is 52.3 Å². The van der Waals surface area contributed by atoms with Gasteiger partial charge in [0.05, 0.1) is 31.3 Å². The molecule has 4 aromatic rings. The fourth-order valence-corrected chi connectivity index (χ4v) is 6.76. The van der Waals surface area contributed by atoms with Gasteiger partial charge in [-0.1, -0.05) is 61.0 Å². The van der Waals surface area contributed by atoms with Crippen LogP contribution in [0.4, 0.5) is 11.4 Å². The number of H-pyrrole nitrogens is 1. The third-order valence-electron chi connectivity index (χ3n) is 9.12. The summed E-state index contributed by atoms with van der Waals surface area (Å²) in [6.07, 6.45) is 7.22. The molecule has 0 radical (unpaired) electrons. The van der Waals surface area contributed by atoms with Gasteiger partial charge in [-0.2, -0.15) is 0 Å². The number of rotatable bonds is 10. The standard InChI is InChI=1S/C36H37ClN4O5/c1-23(6-4-10-34(44)40-17-5-7-28(40)22-42)36(46)30-19-26(37)13-16-32(30)41(35(36)45)21-24-11-14-27(15-12-24)39-33(43)18-25-20-38-31-9-3-2-8-29(25)31/h2-4,6,8-9,11-16,19-20,23,28,38,42,46H,5,7,10,17-18,21-22H2,1H3,(H,39,43)/b6-4+/t23-,28+,36+/m1/s1. The van der Waals surface area contributed by atoms with Gasteiger partial charge in [0.15, 0.2) is 5.60 Å². The van der Waals surface area contributed by atoms with Gasteiger partial charge >= 0.3 is 0 Å². The number of carbonyl (C=O) groups is 3. The van der Waals surface area contributed by atoms with Gasteiger partial charge in [-0.15, -0.1) is 0 Å². The second-order valence-corrected chi connectivity index (χ2v) is 12.5. The van der Waals surface area contributed by atoms with Crippen LogP contribution in [-0.4, -0.2) is 57.0 Å². The summed E-state index contributed by atoms with van der Waals surface area (Å²) in [5.74, 6) is -1.37. The highest BCUT2D eigenvalue weighted by Crippen LogP contribution is 2.46. The summed E-state index contributed by atoms with van der Waals surface area (Å²) in [5, 5.41) is 25.9. The highest BCUT2D eigenvalue weighted by Gasteiger charge is 2.52. The van der Waals surface area contributed by atoms with Crippen LogP contribution in [0.2, 0.25) is 5.02 Å². The number of aliphatic hydroxyl groups excluding tert-OH is 1. The van der Waals surface area contributed by atoms with E-state index in [0.717, 1.165) is 34.9 Å². The molecule has 0 bridgehead atoms. The smallest absolute Gasteiger partial charge is 0.264 e. The monoisotopic (exact) mass is 640 g/mol. The predicted molar refractivity (Wildman–Crippen MR) is 178 cm³/mol. The highest BCUT2D eigenvalue weighted by atomic mass is 35.5.